The van der Waals surface area contributed by atoms with Gasteiger partial charge < -0.3 is 15.3 Å². The van der Waals surface area contributed by atoms with Crippen molar-refractivity contribution >= 4 is 18.3 Å². The van der Waals surface area contributed by atoms with Crippen molar-refractivity contribution in [1.29, 1.82) is 0 Å². The molecule has 0 aromatic carbocycles. The van der Waals surface area contributed by atoms with E-state index in [1.807, 2.05) is 21.8 Å². The molecular weight excluding hydrogens is 316 g/mol. The number of hydrogen-bond acceptors (Lipinski definition) is 4. The summed E-state index contributed by atoms with van der Waals surface area (Å²) in [4.78, 5) is 14.6. The lowest BCUT2D eigenvalue weighted by Crippen LogP contribution is -2.37. The van der Waals surface area contributed by atoms with Gasteiger partial charge in [-0.05, 0) is 51.6 Å². The number of carbonyl (C=O) groups is 1. The van der Waals surface area contributed by atoms with E-state index in [2.05, 4.69) is 10.4 Å². The summed E-state index contributed by atoms with van der Waals surface area (Å²) in [6, 6.07) is 2.32. The van der Waals surface area contributed by atoms with Crippen molar-refractivity contribution < 1.29 is 9.90 Å². The van der Waals surface area contributed by atoms with Crippen LogP contribution in [0.5, 0.6) is 0 Å². The Kier molecular flexibility index (Phi) is 6.44. The Balaban J connectivity index is 0.00000192. The number of hydrogen-bond donors (Lipinski definition) is 2. The molecule has 2 fully saturated rings. The monoisotopic (exact) mass is 342 g/mol. The van der Waals surface area contributed by atoms with Crippen LogP contribution in [0.15, 0.2) is 12.3 Å². The topological polar surface area (TPSA) is 70.4 Å². The minimum Gasteiger partial charge on any atom is -0.393 e. The first-order valence-electron chi connectivity index (χ1n) is 8.40. The molecule has 130 valence electrons. The second kappa shape index (κ2) is 8.13. The molecule has 2 aliphatic heterocycles. The van der Waals surface area contributed by atoms with Crippen molar-refractivity contribution in [1.82, 2.24) is 20.0 Å². The highest BCUT2D eigenvalue weighted by molar-refractivity contribution is 5.92. The molecule has 2 saturated heterocycles. The summed E-state index contributed by atoms with van der Waals surface area (Å²) < 4.78 is 1.93. The molecule has 0 aliphatic carbocycles. The van der Waals surface area contributed by atoms with Crippen LogP contribution >= 0.6 is 12.4 Å². The van der Waals surface area contributed by atoms with Gasteiger partial charge in [-0.1, -0.05) is 0 Å². The van der Waals surface area contributed by atoms with Crippen LogP contribution in [0.3, 0.4) is 0 Å². The molecule has 3 heterocycles. The highest BCUT2D eigenvalue weighted by atomic mass is 35.5. The number of nitrogens with one attached hydrogen (secondary N) is 1. The summed E-state index contributed by atoms with van der Waals surface area (Å²) in [5.41, 5.74) is 0.531. The number of rotatable bonds is 4. The van der Waals surface area contributed by atoms with E-state index in [0.29, 0.717) is 18.2 Å². The fourth-order valence-electron chi connectivity index (χ4n) is 3.60. The second-order valence-electron chi connectivity index (χ2n) is 6.56. The molecule has 2 N–H and O–H groups in total. The Morgan fingerprint density at radius 2 is 2.30 bits per heavy atom. The molecule has 1 amide bonds. The van der Waals surface area contributed by atoms with Crippen molar-refractivity contribution in [2.75, 3.05) is 19.6 Å². The second-order valence-corrected chi connectivity index (χ2v) is 6.56. The molecule has 3 rings (SSSR count). The first-order chi connectivity index (χ1) is 10.6. The average Bonchev–Trinajstić information content (AvgIpc) is 3.16. The maximum absolute atomic E-state index is 12.7. The Hall–Kier alpha value is -1.11. The van der Waals surface area contributed by atoms with Crippen molar-refractivity contribution in [2.24, 2.45) is 0 Å². The fourth-order valence-corrected chi connectivity index (χ4v) is 3.60. The molecule has 0 bridgehead atoms. The molecule has 23 heavy (non-hydrogen) atoms. The van der Waals surface area contributed by atoms with Gasteiger partial charge in [0, 0.05) is 25.3 Å². The molecule has 3 atom stereocenters. The molecule has 0 radical (unpaired) electrons. The van der Waals surface area contributed by atoms with Gasteiger partial charge in [-0.2, -0.15) is 5.10 Å². The SMILES string of the molecule is CC(O)CC1CCCN1C(=O)c1ccn(C2CCCNC2)n1.Cl. The third-order valence-electron chi connectivity index (χ3n) is 4.72. The van der Waals surface area contributed by atoms with Crippen LogP contribution in [0, 0.1) is 0 Å². The van der Waals surface area contributed by atoms with Gasteiger partial charge in [-0.3, -0.25) is 9.48 Å². The van der Waals surface area contributed by atoms with E-state index in [1.165, 1.54) is 0 Å². The lowest BCUT2D eigenvalue weighted by molar-refractivity contribution is 0.0675. The van der Waals surface area contributed by atoms with E-state index < -0.39 is 0 Å². The van der Waals surface area contributed by atoms with Gasteiger partial charge in [-0.25, -0.2) is 0 Å². The van der Waals surface area contributed by atoms with Gasteiger partial charge in [0.25, 0.3) is 5.91 Å². The lowest BCUT2D eigenvalue weighted by atomic mass is 10.1. The Morgan fingerprint density at radius 1 is 1.48 bits per heavy atom. The first-order valence-corrected chi connectivity index (χ1v) is 8.40. The zero-order chi connectivity index (χ0) is 15.5. The van der Waals surface area contributed by atoms with Crippen molar-refractivity contribution in [3.8, 4) is 0 Å². The van der Waals surface area contributed by atoms with Gasteiger partial charge in [0.15, 0.2) is 0 Å². The number of piperidine rings is 1. The molecule has 0 saturated carbocycles. The molecule has 3 unspecified atom stereocenters. The number of likely N-dealkylation sites (tertiary alicyclic amines) is 1. The standard InChI is InChI=1S/C16H26N4O2.ClH/c1-12(21)10-13-5-3-8-19(13)16(22)15-6-9-20(18-15)14-4-2-7-17-11-14;/h6,9,12-14,17,21H,2-5,7-8,10-11H2,1H3;1H. The van der Waals surface area contributed by atoms with E-state index in [4.69, 9.17) is 0 Å². The third-order valence-corrected chi connectivity index (χ3v) is 4.72. The number of aromatic nitrogens is 2. The zero-order valence-corrected chi connectivity index (χ0v) is 14.5. The average molecular weight is 343 g/mol. The molecule has 1 aromatic heterocycles. The van der Waals surface area contributed by atoms with Crippen molar-refractivity contribution in [3.05, 3.63) is 18.0 Å². The Labute approximate surface area is 143 Å². The van der Waals surface area contributed by atoms with Crippen LogP contribution in [-0.2, 0) is 0 Å². The number of amides is 1. The molecule has 6 nitrogen and oxygen atoms in total. The highest BCUT2D eigenvalue weighted by Gasteiger charge is 2.31. The maximum Gasteiger partial charge on any atom is 0.274 e. The predicted molar refractivity (Wildman–Crippen MR) is 91.0 cm³/mol. The largest absolute Gasteiger partial charge is 0.393 e. The molecular formula is C16H27ClN4O2. The third kappa shape index (κ3) is 4.25. The van der Waals surface area contributed by atoms with Gasteiger partial charge in [-0.15, -0.1) is 12.4 Å². The Morgan fingerprint density at radius 3 is 3.00 bits per heavy atom. The smallest absolute Gasteiger partial charge is 0.274 e. The molecule has 1 aromatic rings. The summed E-state index contributed by atoms with van der Waals surface area (Å²) in [6.07, 6.45) is 6.45. The summed E-state index contributed by atoms with van der Waals surface area (Å²) in [6.45, 7) is 4.54. The number of carbonyl (C=O) groups excluding carboxylic acids is 1. The van der Waals surface area contributed by atoms with Crippen molar-refractivity contribution in [3.63, 3.8) is 0 Å². The van der Waals surface area contributed by atoms with Crippen molar-refractivity contribution in [2.45, 2.75) is 57.2 Å². The van der Waals surface area contributed by atoms with Crippen LogP contribution in [0.25, 0.3) is 0 Å². The highest BCUT2D eigenvalue weighted by Crippen LogP contribution is 2.24. The minimum absolute atomic E-state index is 0. The minimum atomic E-state index is -0.371. The maximum atomic E-state index is 12.7. The Bertz CT molecular complexity index is 514. The van der Waals surface area contributed by atoms with E-state index in [0.717, 1.165) is 45.3 Å². The number of nitrogens with zero attached hydrogens (tertiary/aromatic N) is 3. The van der Waals surface area contributed by atoms with E-state index in [1.54, 1.807) is 6.92 Å². The summed E-state index contributed by atoms with van der Waals surface area (Å²) in [5, 5.41) is 17.5. The van der Waals surface area contributed by atoms with E-state index >= 15 is 0 Å². The van der Waals surface area contributed by atoms with Crippen LogP contribution in [0.4, 0.5) is 0 Å². The lowest BCUT2D eigenvalue weighted by Gasteiger charge is -2.25. The van der Waals surface area contributed by atoms with Gasteiger partial charge in [0.1, 0.15) is 5.69 Å². The summed E-state index contributed by atoms with van der Waals surface area (Å²) in [7, 11) is 0. The normalized spacial score (nSPS) is 25.9. The van der Waals surface area contributed by atoms with Crippen LogP contribution in [0.2, 0.25) is 0 Å². The summed E-state index contributed by atoms with van der Waals surface area (Å²) >= 11 is 0. The quantitative estimate of drug-likeness (QED) is 0.872. The molecule has 0 spiro atoms. The van der Waals surface area contributed by atoms with Crippen LogP contribution < -0.4 is 5.32 Å². The van der Waals surface area contributed by atoms with Gasteiger partial charge in [0.2, 0.25) is 0 Å². The van der Waals surface area contributed by atoms with E-state index in [-0.39, 0.29) is 30.5 Å². The first kappa shape index (κ1) is 18.2. The van der Waals surface area contributed by atoms with Gasteiger partial charge in [0.05, 0.1) is 12.1 Å². The van der Waals surface area contributed by atoms with Crippen LogP contribution in [0.1, 0.15) is 55.6 Å². The predicted octanol–water partition coefficient (Wildman–Crippen LogP) is 1.60. The number of aliphatic hydroxyl groups is 1. The summed E-state index contributed by atoms with van der Waals surface area (Å²) in [5.74, 6) is 0.00525. The molecule has 7 heteroatoms. The van der Waals surface area contributed by atoms with E-state index in [9.17, 15) is 9.90 Å². The molecule has 2 aliphatic rings. The van der Waals surface area contributed by atoms with Crippen LogP contribution in [-0.4, -0.2) is 57.5 Å². The zero-order valence-electron chi connectivity index (χ0n) is 13.6. The van der Waals surface area contributed by atoms with Gasteiger partial charge >= 0.3 is 0 Å². The number of aliphatic hydroxyl groups excluding tert-OH is 1. The fraction of sp³-hybridized carbons (Fsp3) is 0.750. The number of halogens is 1.